The summed E-state index contributed by atoms with van der Waals surface area (Å²) in [7, 11) is 0. The van der Waals surface area contributed by atoms with Crippen molar-refractivity contribution in [2.75, 3.05) is 32.8 Å². The first kappa shape index (κ1) is 11.4. The van der Waals surface area contributed by atoms with Crippen LogP contribution < -0.4 is 0 Å². The van der Waals surface area contributed by atoms with Gasteiger partial charge in [0.1, 0.15) is 0 Å². The first-order valence-corrected chi connectivity index (χ1v) is 6.41. The average molecular weight is 212 g/mol. The smallest absolute Gasteiger partial charge is 0.176 e. The highest BCUT2D eigenvalue weighted by Crippen LogP contribution is 2.29. The summed E-state index contributed by atoms with van der Waals surface area (Å²) in [5.74, 6) is -0.123. The Kier molecular flexibility index (Phi) is 3.65. The van der Waals surface area contributed by atoms with E-state index in [1.807, 2.05) is 0 Å². The van der Waals surface area contributed by atoms with E-state index in [9.17, 15) is 0 Å². The van der Waals surface area contributed by atoms with Gasteiger partial charge in [-0.1, -0.05) is 0 Å². The summed E-state index contributed by atoms with van der Waals surface area (Å²) >= 11 is 0. The molecule has 0 N–H and O–H groups in total. The fourth-order valence-electron chi connectivity index (χ4n) is 2.92. The number of hydrogen-bond donors (Lipinski definition) is 0. The first-order chi connectivity index (χ1) is 7.27. The third-order valence-electron chi connectivity index (χ3n) is 3.80. The van der Waals surface area contributed by atoms with E-state index in [1.54, 1.807) is 0 Å². The van der Waals surface area contributed by atoms with Gasteiger partial charge in [-0.25, -0.2) is 0 Å². The van der Waals surface area contributed by atoms with E-state index < -0.39 is 0 Å². The van der Waals surface area contributed by atoms with Gasteiger partial charge in [0, 0.05) is 32.8 Å². The van der Waals surface area contributed by atoms with Gasteiger partial charge in [0.2, 0.25) is 0 Å². The summed E-state index contributed by atoms with van der Waals surface area (Å²) in [6, 6.07) is 0. The second kappa shape index (κ2) is 4.81. The Balaban J connectivity index is 2.06. The lowest BCUT2D eigenvalue weighted by molar-refractivity contribution is -0.223. The molecule has 2 fully saturated rings. The normalized spacial score (nSPS) is 25.2. The molecule has 0 spiro atoms. The monoisotopic (exact) mass is 212 g/mol. The Morgan fingerprint density at radius 2 is 1.33 bits per heavy atom. The van der Waals surface area contributed by atoms with Crippen LogP contribution in [0.25, 0.3) is 0 Å². The zero-order valence-electron chi connectivity index (χ0n) is 10.2. The van der Waals surface area contributed by atoms with Crippen LogP contribution in [-0.4, -0.2) is 48.4 Å². The summed E-state index contributed by atoms with van der Waals surface area (Å²) in [6.45, 7) is 9.97. The van der Waals surface area contributed by atoms with Gasteiger partial charge >= 0.3 is 0 Å². The molecule has 0 radical (unpaired) electrons. The van der Waals surface area contributed by atoms with Gasteiger partial charge in [0.25, 0.3) is 0 Å². The van der Waals surface area contributed by atoms with E-state index in [-0.39, 0.29) is 5.85 Å². The van der Waals surface area contributed by atoms with Crippen molar-refractivity contribution in [3.63, 3.8) is 0 Å². The molecule has 3 nitrogen and oxygen atoms in total. The molecular weight excluding hydrogens is 188 g/mol. The molecule has 0 bridgehead atoms. The fraction of sp³-hybridized carbons (Fsp3) is 1.00. The molecule has 3 heteroatoms. The molecule has 0 unspecified atom stereocenters. The molecule has 2 rings (SSSR count). The summed E-state index contributed by atoms with van der Waals surface area (Å²) in [5.41, 5.74) is 0. The maximum atomic E-state index is 6.05. The van der Waals surface area contributed by atoms with Gasteiger partial charge in [-0.05, 0) is 39.5 Å². The molecule has 0 aliphatic carbocycles. The topological polar surface area (TPSA) is 15.7 Å². The summed E-state index contributed by atoms with van der Waals surface area (Å²) in [5, 5.41) is 0. The van der Waals surface area contributed by atoms with Crippen LogP contribution in [0.4, 0.5) is 0 Å². The Morgan fingerprint density at radius 1 is 0.933 bits per heavy atom. The van der Waals surface area contributed by atoms with Crippen LogP contribution in [-0.2, 0) is 4.74 Å². The zero-order valence-corrected chi connectivity index (χ0v) is 10.2. The number of likely N-dealkylation sites (tertiary alicyclic amines) is 2. The van der Waals surface area contributed by atoms with Crippen molar-refractivity contribution in [2.24, 2.45) is 0 Å². The Labute approximate surface area is 93.4 Å². The Morgan fingerprint density at radius 3 is 1.67 bits per heavy atom. The second-order valence-corrected chi connectivity index (χ2v) is 4.76. The number of ether oxygens (including phenoxy) is 1. The van der Waals surface area contributed by atoms with Crippen LogP contribution in [0.15, 0.2) is 0 Å². The molecule has 2 saturated heterocycles. The Hall–Kier alpha value is -0.120. The van der Waals surface area contributed by atoms with Gasteiger partial charge in [-0.3, -0.25) is 9.80 Å². The third-order valence-corrected chi connectivity index (χ3v) is 3.80. The molecule has 0 aromatic carbocycles. The first-order valence-electron chi connectivity index (χ1n) is 6.41. The molecule has 0 atom stereocenters. The minimum atomic E-state index is -0.123. The largest absolute Gasteiger partial charge is 0.347 e. The summed E-state index contributed by atoms with van der Waals surface area (Å²) in [6.07, 6.45) is 5.32. The minimum Gasteiger partial charge on any atom is -0.347 e. The standard InChI is InChI=1S/C12H24N2O/c1-3-15-12(2,13-8-4-5-9-13)14-10-6-7-11-14/h3-11H2,1-2H3. The van der Waals surface area contributed by atoms with Crippen LogP contribution in [0.5, 0.6) is 0 Å². The van der Waals surface area contributed by atoms with Crippen LogP contribution in [0.2, 0.25) is 0 Å². The van der Waals surface area contributed by atoms with E-state index in [0.717, 1.165) is 6.61 Å². The van der Waals surface area contributed by atoms with Crippen LogP contribution in [0.1, 0.15) is 39.5 Å². The highest BCUT2D eigenvalue weighted by atomic mass is 16.5. The molecule has 2 aliphatic rings. The van der Waals surface area contributed by atoms with E-state index in [0.29, 0.717) is 0 Å². The lowest BCUT2D eigenvalue weighted by Gasteiger charge is -2.44. The molecule has 0 saturated carbocycles. The summed E-state index contributed by atoms with van der Waals surface area (Å²) < 4.78 is 6.05. The minimum absolute atomic E-state index is 0.123. The van der Waals surface area contributed by atoms with Crippen molar-refractivity contribution < 1.29 is 4.74 Å². The van der Waals surface area contributed by atoms with Crippen LogP contribution in [0, 0.1) is 0 Å². The predicted molar refractivity (Wildman–Crippen MR) is 61.6 cm³/mol. The Bertz CT molecular complexity index is 180. The fourth-order valence-corrected chi connectivity index (χ4v) is 2.92. The van der Waals surface area contributed by atoms with E-state index in [4.69, 9.17) is 4.74 Å². The zero-order chi connectivity index (χ0) is 10.7. The van der Waals surface area contributed by atoms with Crippen LogP contribution >= 0.6 is 0 Å². The SMILES string of the molecule is CCOC(C)(N1CCCC1)N1CCCC1. The van der Waals surface area contributed by atoms with Crippen LogP contribution in [0.3, 0.4) is 0 Å². The molecular formula is C12H24N2O. The molecule has 0 aromatic heterocycles. The van der Waals surface area contributed by atoms with Crippen molar-refractivity contribution in [3.05, 3.63) is 0 Å². The highest BCUT2D eigenvalue weighted by Gasteiger charge is 2.40. The molecule has 0 aromatic rings. The lowest BCUT2D eigenvalue weighted by Crippen LogP contribution is -2.58. The third kappa shape index (κ3) is 2.19. The van der Waals surface area contributed by atoms with Crippen molar-refractivity contribution in [2.45, 2.75) is 45.4 Å². The van der Waals surface area contributed by atoms with Crippen molar-refractivity contribution >= 4 is 0 Å². The molecule has 15 heavy (non-hydrogen) atoms. The van der Waals surface area contributed by atoms with Gasteiger partial charge in [-0.2, -0.15) is 0 Å². The van der Waals surface area contributed by atoms with Gasteiger partial charge in [0.15, 0.2) is 5.85 Å². The van der Waals surface area contributed by atoms with Crippen molar-refractivity contribution in [3.8, 4) is 0 Å². The van der Waals surface area contributed by atoms with Gasteiger partial charge in [-0.15, -0.1) is 0 Å². The molecule has 88 valence electrons. The van der Waals surface area contributed by atoms with E-state index in [1.165, 1.54) is 51.9 Å². The maximum Gasteiger partial charge on any atom is 0.176 e. The number of rotatable bonds is 4. The van der Waals surface area contributed by atoms with Crippen molar-refractivity contribution in [1.29, 1.82) is 0 Å². The lowest BCUT2D eigenvalue weighted by atomic mass is 10.3. The second-order valence-electron chi connectivity index (χ2n) is 4.76. The quantitative estimate of drug-likeness (QED) is 0.708. The van der Waals surface area contributed by atoms with E-state index in [2.05, 4.69) is 23.6 Å². The molecule has 2 aliphatic heterocycles. The number of hydrogen-bond acceptors (Lipinski definition) is 3. The highest BCUT2D eigenvalue weighted by molar-refractivity contribution is 4.84. The number of nitrogens with zero attached hydrogens (tertiary/aromatic N) is 2. The van der Waals surface area contributed by atoms with Gasteiger partial charge < -0.3 is 4.74 Å². The predicted octanol–water partition coefficient (Wildman–Crippen LogP) is 1.89. The molecule has 0 amide bonds. The maximum absolute atomic E-state index is 6.05. The van der Waals surface area contributed by atoms with E-state index >= 15 is 0 Å². The van der Waals surface area contributed by atoms with Gasteiger partial charge in [0.05, 0.1) is 0 Å². The average Bonchev–Trinajstić information content (AvgIpc) is 2.92. The summed E-state index contributed by atoms with van der Waals surface area (Å²) in [4.78, 5) is 5.03. The molecule has 2 heterocycles. The van der Waals surface area contributed by atoms with Crippen molar-refractivity contribution in [1.82, 2.24) is 9.80 Å².